The van der Waals surface area contributed by atoms with Crippen LogP contribution < -0.4 is 0 Å². The van der Waals surface area contributed by atoms with Crippen LogP contribution in [0, 0.1) is 11.3 Å². The van der Waals surface area contributed by atoms with Crippen molar-refractivity contribution in [2.45, 2.75) is 26.3 Å². The van der Waals surface area contributed by atoms with Gasteiger partial charge in [0.05, 0.1) is 12.2 Å². The predicted molar refractivity (Wildman–Crippen MR) is 48.9 cm³/mol. The first-order valence-electron chi connectivity index (χ1n) is 4.26. The van der Waals surface area contributed by atoms with Gasteiger partial charge in [0.15, 0.2) is 5.69 Å². The summed E-state index contributed by atoms with van der Waals surface area (Å²) in [5.41, 5.74) is 1.34. The average molecular weight is 176 g/mol. The van der Waals surface area contributed by atoms with Crippen molar-refractivity contribution in [2.75, 3.05) is 0 Å². The van der Waals surface area contributed by atoms with Crippen LogP contribution in [-0.2, 0) is 13.0 Å². The summed E-state index contributed by atoms with van der Waals surface area (Å²) in [5.74, 6) is 0. The van der Waals surface area contributed by atoms with E-state index in [2.05, 4.69) is 23.8 Å². The maximum atomic E-state index is 8.73. The Morgan fingerprint density at radius 3 is 3.00 bits per heavy atom. The second-order valence-corrected chi connectivity index (χ2v) is 2.72. The van der Waals surface area contributed by atoms with Gasteiger partial charge >= 0.3 is 0 Å². The van der Waals surface area contributed by atoms with Crippen molar-refractivity contribution in [3.63, 3.8) is 0 Å². The van der Waals surface area contributed by atoms with Crippen LogP contribution in [0.4, 0.5) is 0 Å². The van der Waals surface area contributed by atoms with E-state index in [0.29, 0.717) is 12.2 Å². The zero-order valence-corrected chi connectivity index (χ0v) is 7.69. The summed E-state index contributed by atoms with van der Waals surface area (Å²) < 4.78 is 1.72. The quantitative estimate of drug-likeness (QED) is 0.649. The molecule has 0 saturated heterocycles. The third-order valence-corrected chi connectivity index (χ3v) is 1.73. The fourth-order valence-corrected chi connectivity index (χ4v) is 1.17. The first-order valence-corrected chi connectivity index (χ1v) is 4.26. The van der Waals surface area contributed by atoms with Gasteiger partial charge in [-0.3, -0.25) is 0 Å². The zero-order chi connectivity index (χ0) is 9.68. The number of rotatable bonds is 4. The molecule has 1 aromatic heterocycles. The second-order valence-electron chi connectivity index (χ2n) is 2.72. The number of allylic oxidation sites excluding steroid dienone is 1. The Morgan fingerprint density at radius 2 is 2.46 bits per heavy atom. The lowest BCUT2D eigenvalue weighted by Gasteiger charge is -2.00. The fraction of sp³-hybridized carbons (Fsp3) is 0.444. The van der Waals surface area contributed by atoms with Crippen molar-refractivity contribution in [2.24, 2.45) is 0 Å². The van der Waals surface area contributed by atoms with Crippen molar-refractivity contribution < 1.29 is 0 Å². The molecule has 1 aromatic rings. The molecule has 0 aromatic carbocycles. The van der Waals surface area contributed by atoms with E-state index in [-0.39, 0.29) is 0 Å². The molecule has 1 heterocycles. The molecule has 0 aliphatic carbocycles. The van der Waals surface area contributed by atoms with Crippen LogP contribution in [0.1, 0.15) is 24.7 Å². The average Bonchev–Trinajstić information content (AvgIpc) is 2.50. The van der Waals surface area contributed by atoms with Gasteiger partial charge in [-0.15, -0.1) is 11.7 Å². The smallest absolute Gasteiger partial charge is 0.185 e. The first-order chi connectivity index (χ1) is 6.33. The van der Waals surface area contributed by atoms with E-state index in [1.165, 1.54) is 0 Å². The summed E-state index contributed by atoms with van der Waals surface area (Å²) in [6.45, 7) is 6.30. The van der Waals surface area contributed by atoms with E-state index in [0.717, 1.165) is 18.5 Å². The van der Waals surface area contributed by atoms with Gasteiger partial charge in [-0.2, -0.15) is 5.26 Å². The molecule has 0 N–H and O–H groups in total. The Labute approximate surface area is 77.5 Å². The molecule has 0 amide bonds. The van der Waals surface area contributed by atoms with Crippen molar-refractivity contribution >= 4 is 0 Å². The van der Waals surface area contributed by atoms with Gasteiger partial charge in [0, 0.05) is 0 Å². The van der Waals surface area contributed by atoms with Crippen LogP contribution in [0.15, 0.2) is 12.7 Å². The molecule has 0 aliphatic rings. The molecule has 0 unspecified atom stereocenters. The molecular formula is C9H12N4. The fourth-order valence-electron chi connectivity index (χ4n) is 1.17. The normalized spacial score (nSPS) is 9.54. The molecule has 1 rings (SSSR count). The number of hydrogen-bond acceptors (Lipinski definition) is 3. The highest BCUT2D eigenvalue weighted by atomic mass is 15.4. The molecule has 0 atom stereocenters. The highest BCUT2D eigenvalue weighted by molar-refractivity contribution is 5.24. The zero-order valence-electron chi connectivity index (χ0n) is 7.69. The first kappa shape index (κ1) is 9.46. The summed E-state index contributed by atoms with van der Waals surface area (Å²) >= 11 is 0. The lowest BCUT2D eigenvalue weighted by molar-refractivity contribution is 0.624. The second kappa shape index (κ2) is 4.41. The lowest BCUT2D eigenvalue weighted by atomic mass is 10.2. The summed E-state index contributed by atoms with van der Waals surface area (Å²) in [4.78, 5) is 0. The Hall–Kier alpha value is -1.63. The van der Waals surface area contributed by atoms with Gasteiger partial charge in [-0.25, -0.2) is 4.68 Å². The summed E-state index contributed by atoms with van der Waals surface area (Å²) in [6, 6.07) is 2.03. The molecule has 4 nitrogen and oxygen atoms in total. The van der Waals surface area contributed by atoms with Crippen molar-refractivity contribution in [3.8, 4) is 6.07 Å². The topological polar surface area (TPSA) is 54.5 Å². The number of aromatic nitrogens is 3. The van der Waals surface area contributed by atoms with E-state index in [1.54, 1.807) is 10.8 Å². The Balaban J connectivity index is 3.00. The van der Waals surface area contributed by atoms with Crippen molar-refractivity contribution in [1.82, 2.24) is 15.0 Å². The third kappa shape index (κ3) is 1.94. The van der Waals surface area contributed by atoms with Gasteiger partial charge in [0.2, 0.25) is 0 Å². The molecule has 0 fully saturated rings. The minimum atomic E-state index is 0.434. The summed E-state index contributed by atoms with van der Waals surface area (Å²) in [6.07, 6.45) is 3.57. The minimum Gasteiger partial charge on any atom is -0.244 e. The predicted octanol–water partition coefficient (Wildman–Crippen LogP) is 1.29. The van der Waals surface area contributed by atoms with E-state index < -0.39 is 0 Å². The van der Waals surface area contributed by atoms with Gasteiger partial charge in [-0.05, 0) is 6.42 Å². The van der Waals surface area contributed by atoms with Gasteiger partial charge < -0.3 is 0 Å². The Bertz CT molecular complexity index is 332. The molecule has 13 heavy (non-hydrogen) atoms. The minimum absolute atomic E-state index is 0.434. The molecule has 4 heteroatoms. The number of hydrogen-bond donors (Lipinski definition) is 0. The van der Waals surface area contributed by atoms with Gasteiger partial charge in [0.1, 0.15) is 6.07 Å². The van der Waals surface area contributed by atoms with Crippen molar-refractivity contribution in [1.29, 1.82) is 5.26 Å². The standard InChI is InChI=1S/C9H12N4/c1-3-5-9-8(7-10)11-12-13(9)6-4-2/h4H,2-3,5-6H2,1H3. The van der Waals surface area contributed by atoms with E-state index in [4.69, 9.17) is 5.26 Å². The monoisotopic (exact) mass is 176 g/mol. The summed E-state index contributed by atoms with van der Waals surface area (Å²) in [5, 5.41) is 16.4. The number of nitriles is 1. The van der Waals surface area contributed by atoms with Gasteiger partial charge in [0.25, 0.3) is 0 Å². The molecule has 0 aliphatic heterocycles. The maximum absolute atomic E-state index is 8.73. The van der Waals surface area contributed by atoms with Crippen LogP contribution in [0.2, 0.25) is 0 Å². The Morgan fingerprint density at radius 1 is 1.69 bits per heavy atom. The largest absolute Gasteiger partial charge is 0.244 e. The van der Waals surface area contributed by atoms with E-state index >= 15 is 0 Å². The summed E-state index contributed by atoms with van der Waals surface area (Å²) in [7, 11) is 0. The van der Waals surface area contributed by atoms with E-state index in [1.807, 2.05) is 6.07 Å². The third-order valence-electron chi connectivity index (χ3n) is 1.73. The molecule has 0 radical (unpaired) electrons. The van der Waals surface area contributed by atoms with Crippen molar-refractivity contribution in [3.05, 3.63) is 24.0 Å². The van der Waals surface area contributed by atoms with Crippen LogP contribution in [0.25, 0.3) is 0 Å². The SMILES string of the molecule is C=CCn1nnc(C#N)c1CCC. The highest BCUT2D eigenvalue weighted by Gasteiger charge is 2.09. The van der Waals surface area contributed by atoms with Crippen LogP contribution in [0.3, 0.4) is 0 Å². The maximum Gasteiger partial charge on any atom is 0.185 e. The number of nitrogens with zero attached hydrogens (tertiary/aromatic N) is 4. The lowest BCUT2D eigenvalue weighted by Crippen LogP contribution is -2.03. The van der Waals surface area contributed by atoms with Gasteiger partial charge in [-0.1, -0.05) is 24.6 Å². The molecular weight excluding hydrogens is 164 g/mol. The molecule has 0 spiro atoms. The molecule has 0 saturated carbocycles. The van der Waals surface area contributed by atoms with Crippen LogP contribution >= 0.6 is 0 Å². The molecule has 0 bridgehead atoms. The molecule has 68 valence electrons. The van der Waals surface area contributed by atoms with Crippen LogP contribution in [-0.4, -0.2) is 15.0 Å². The highest BCUT2D eigenvalue weighted by Crippen LogP contribution is 2.06. The van der Waals surface area contributed by atoms with Crippen LogP contribution in [0.5, 0.6) is 0 Å². The Kier molecular flexibility index (Phi) is 3.21. The van der Waals surface area contributed by atoms with E-state index in [9.17, 15) is 0 Å².